The lowest BCUT2D eigenvalue weighted by atomic mass is 9.93. The number of hydrogen-bond donors (Lipinski definition) is 1. The van der Waals surface area contributed by atoms with Crippen molar-refractivity contribution in [2.24, 2.45) is 0 Å². The summed E-state index contributed by atoms with van der Waals surface area (Å²) in [6.45, 7) is 2.72. The van der Waals surface area contributed by atoms with Crippen molar-refractivity contribution < 1.29 is 4.79 Å². The molecule has 1 saturated carbocycles. The van der Waals surface area contributed by atoms with E-state index in [1.54, 1.807) is 4.57 Å². The molecule has 0 spiro atoms. The number of nitrogens with one attached hydrogen (secondary N) is 1. The summed E-state index contributed by atoms with van der Waals surface area (Å²) in [7, 11) is 0. The molecule has 0 atom stereocenters. The van der Waals surface area contributed by atoms with Gasteiger partial charge in [0.25, 0.3) is 0 Å². The van der Waals surface area contributed by atoms with Crippen LogP contribution in [0.25, 0.3) is 0 Å². The SMILES string of the molecule is CCCCn1c(SCC(=O)N(c2ccccc2)C2CCCCC2)n[nH]c1=O. The maximum absolute atomic E-state index is 13.1. The molecule has 0 aliphatic heterocycles. The van der Waals surface area contributed by atoms with Gasteiger partial charge in [-0.05, 0) is 31.4 Å². The molecule has 1 fully saturated rings. The number of hydrogen-bond acceptors (Lipinski definition) is 4. The van der Waals surface area contributed by atoms with E-state index in [0.29, 0.717) is 11.7 Å². The molecule has 1 aromatic carbocycles. The Morgan fingerprint density at radius 1 is 1.26 bits per heavy atom. The first-order valence-corrected chi connectivity index (χ1v) is 10.8. The number of anilines is 1. The number of amides is 1. The van der Waals surface area contributed by atoms with Crippen LogP contribution in [0.3, 0.4) is 0 Å². The summed E-state index contributed by atoms with van der Waals surface area (Å²) in [6.07, 6.45) is 7.61. The summed E-state index contributed by atoms with van der Waals surface area (Å²) < 4.78 is 1.63. The third kappa shape index (κ3) is 5.03. The van der Waals surface area contributed by atoms with Gasteiger partial charge in [-0.3, -0.25) is 9.36 Å². The van der Waals surface area contributed by atoms with Crippen LogP contribution < -0.4 is 10.6 Å². The van der Waals surface area contributed by atoms with E-state index < -0.39 is 0 Å². The monoisotopic (exact) mass is 388 g/mol. The molecule has 0 radical (unpaired) electrons. The predicted octanol–water partition coefficient (Wildman–Crippen LogP) is 3.83. The lowest BCUT2D eigenvalue weighted by molar-refractivity contribution is -0.116. The Morgan fingerprint density at radius 2 is 2.00 bits per heavy atom. The zero-order chi connectivity index (χ0) is 19.1. The van der Waals surface area contributed by atoms with Crippen LogP contribution in [0, 0.1) is 0 Å². The van der Waals surface area contributed by atoms with Gasteiger partial charge >= 0.3 is 5.69 Å². The molecule has 0 unspecified atom stereocenters. The molecule has 3 rings (SSSR count). The fourth-order valence-corrected chi connectivity index (χ4v) is 4.44. The molecule has 1 aliphatic carbocycles. The number of thioether (sulfide) groups is 1. The highest BCUT2D eigenvalue weighted by Crippen LogP contribution is 2.28. The van der Waals surface area contributed by atoms with Gasteiger partial charge in [0.05, 0.1) is 5.75 Å². The molecular weight excluding hydrogens is 360 g/mol. The van der Waals surface area contributed by atoms with Crippen molar-refractivity contribution in [3.63, 3.8) is 0 Å². The molecule has 27 heavy (non-hydrogen) atoms. The van der Waals surface area contributed by atoms with E-state index in [-0.39, 0.29) is 23.4 Å². The normalized spacial score (nSPS) is 15.0. The molecule has 2 aromatic rings. The quantitative estimate of drug-likeness (QED) is 0.698. The van der Waals surface area contributed by atoms with E-state index in [9.17, 15) is 9.59 Å². The van der Waals surface area contributed by atoms with Crippen LogP contribution in [-0.2, 0) is 11.3 Å². The second kappa shape index (κ2) is 9.78. The fraction of sp³-hybridized carbons (Fsp3) is 0.550. The van der Waals surface area contributed by atoms with E-state index in [4.69, 9.17) is 0 Å². The van der Waals surface area contributed by atoms with E-state index in [1.807, 2.05) is 35.2 Å². The molecule has 1 amide bonds. The highest BCUT2D eigenvalue weighted by Gasteiger charge is 2.27. The molecule has 146 valence electrons. The molecule has 0 saturated heterocycles. The average Bonchev–Trinajstić information content (AvgIpc) is 3.06. The van der Waals surface area contributed by atoms with Gasteiger partial charge in [0, 0.05) is 18.3 Å². The number of nitrogens with zero attached hydrogens (tertiary/aromatic N) is 3. The van der Waals surface area contributed by atoms with Gasteiger partial charge < -0.3 is 4.90 Å². The summed E-state index contributed by atoms with van der Waals surface area (Å²) in [5, 5.41) is 7.20. The average molecular weight is 389 g/mol. The number of para-hydroxylation sites is 1. The van der Waals surface area contributed by atoms with E-state index in [0.717, 1.165) is 31.4 Å². The first-order valence-electron chi connectivity index (χ1n) is 9.85. The molecule has 0 bridgehead atoms. The van der Waals surface area contributed by atoms with Crippen LogP contribution in [0.2, 0.25) is 0 Å². The van der Waals surface area contributed by atoms with Crippen LogP contribution in [0.5, 0.6) is 0 Å². The topological polar surface area (TPSA) is 71.0 Å². The summed E-state index contributed by atoms with van der Waals surface area (Å²) in [5.41, 5.74) is 0.756. The van der Waals surface area contributed by atoms with Crippen molar-refractivity contribution in [1.29, 1.82) is 0 Å². The van der Waals surface area contributed by atoms with Crippen molar-refractivity contribution >= 4 is 23.4 Å². The number of unbranched alkanes of at least 4 members (excludes halogenated alkanes) is 1. The fourth-order valence-electron chi connectivity index (χ4n) is 3.61. The molecule has 1 heterocycles. The van der Waals surface area contributed by atoms with Gasteiger partial charge in [-0.15, -0.1) is 5.10 Å². The molecule has 7 heteroatoms. The molecular formula is C20H28N4O2S. The number of carbonyl (C=O) groups is 1. The number of aromatic nitrogens is 3. The Balaban J connectivity index is 1.72. The largest absolute Gasteiger partial charge is 0.343 e. The maximum Gasteiger partial charge on any atom is 0.343 e. The summed E-state index contributed by atoms with van der Waals surface area (Å²) in [4.78, 5) is 27.0. The van der Waals surface area contributed by atoms with Crippen molar-refractivity contribution in [1.82, 2.24) is 14.8 Å². The summed E-state index contributed by atoms with van der Waals surface area (Å²) >= 11 is 1.34. The van der Waals surface area contributed by atoms with E-state index in [2.05, 4.69) is 17.1 Å². The first-order chi connectivity index (χ1) is 13.2. The van der Waals surface area contributed by atoms with Crippen molar-refractivity contribution in [3.05, 3.63) is 40.8 Å². The highest BCUT2D eigenvalue weighted by atomic mass is 32.2. The number of aromatic amines is 1. The minimum Gasteiger partial charge on any atom is -0.309 e. The Kier molecular flexibility index (Phi) is 7.15. The molecule has 1 aliphatic rings. The van der Waals surface area contributed by atoms with Gasteiger partial charge in [0.2, 0.25) is 5.91 Å². The summed E-state index contributed by atoms with van der Waals surface area (Å²) in [6, 6.07) is 10.2. The smallest absolute Gasteiger partial charge is 0.309 e. The van der Waals surface area contributed by atoms with Crippen molar-refractivity contribution in [3.8, 4) is 0 Å². The Bertz CT molecular complexity index is 781. The highest BCUT2D eigenvalue weighted by molar-refractivity contribution is 7.99. The summed E-state index contributed by atoms with van der Waals surface area (Å²) in [5.74, 6) is 0.359. The number of benzene rings is 1. The van der Waals surface area contributed by atoms with Gasteiger partial charge in [-0.1, -0.05) is 62.6 Å². The lowest BCUT2D eigenvalue weighted by Crippen LogP contribution is -2.42. The Morgan fingerprint density at radius 3 is 2.70 bits per heavy atom. The molecule has 1 N–H and O–H groups in total. The van der Waals surface area contributed by atoms with Gasteiger partial charge in [-0.25, -0.2) is 9.89 Å². The van der Waals surface area contributed by atoms with Crippen LogP contribution >= 0.6 is 11.8 Å². The Labute approximate surface area is 164 Å². The Hall–Kier alpha value is -2.02. The predicted molar refractivity (Wildman–Crippen MR) is 109 cm³/mol. The third-order valence-electron chi connectivity index (χ3n) is 5.03. The van der Waals surface area contributed by atoms with Crippen molar-refractivity contribution in [2.75, 3.05) is 10.7 Å². The second-order valence-corrected chi connectivity index (χ2v) is 7.94. The number of rotatable bonds is 8. The number of carbonyl (C=O) groups excluding carboxylic acids is 1. The van der Waals surface area contributed by atoms with Crippen LogP contribution in [0.1, 0.15) is 51.9 Å². The second-order valence-electron chi connectivity index (χ2n) is 7.00. The van der Waals surface area contributed by atoms with Crippen LogP contribution in [0.4, 0.5) is 5.69 Å². The standard InChI is InChI=1S/C20H28N4O2S/c1-2-3-14-23-19(26)21-22-20(23)27-15-18(25)24(16-10-6-4-7-11-16)17-12-8-5-9-13-17/h4,6-7,10-11,17H,2-3,5,8-9,12-15H2,1H3,(H,21,26). The van der Waals surface area contributed by atoms with E-state index >= 15 is 0 Å². The third-order valence-corrected chi connectivity index (χ3v) is 5.99. The zero-order valence-electron chi connectivity index (χ0n) is 15.9. The van der Waals surface area contributed by atoms with Crippen LogP contribution in [-0.4, -0.2) is 32.5 Å². The minimum atomic E-state index is -0.203. The van der Waals surface area contributed by atoms with Gasteiger partial charge in [-0.2, -0.15) is 0 Å². The first kappa shape index (κ1) is 19.7. The van der Waals surface area contributed by atoms with Gasteiger partial charge in [0.15, 0.2) is 5.16 Å². The minimum absolute atomic E-state index is 0.0793. The molecule has 1 aromatic heterocycles. The lowest BCUT2D eigenvalue weighted by Gasteiger charge is -2.34. The van der Waals surface area contributed by atoms with Gasteiger partial charge in [0.1, 0.15) is 0 Å². The van der Waals surface area contributed by atoms with Crippen molar-refractivity contribution in [2.45, 2.75) is 69.6 Å². The maximum atomic E-state index is 13.1. The zero-order valence-corrected chi connectivity index (χ0v) is 16.7. The van der Waals surface area contributed by atoms with Crippen LogP contribution in [0.15, 0.2) is 40.3 Å². The van der Waals surface area contributed by atoms with E-state index in [1.165, 1.54) is 31.0 Å². The molecule has 6 nitrogen and oxygen atoms in total. The number of H-pyrrole nitrogens is 1.